The lowest BCUT2D eigenvalue weighted by atomic mass is 10.0. The average molecular weight is 269 g/mol. The van der Waals surface area contributed by atoms with Crippen LogP contribution in [0.15, 0.2) is 54.6 Å². The van der Waals surface area contributed by atoms with Crippen molar-refractivity contribution in [1.82, 2.24) is 0 Å². The Labute approximate surface area is 119 Å². The van der Waals surface area contributed by atoms with Crippen LogP contribution < -0.4 is 4.90 Å². The minimum absolute atomic E-state index is 0.0323. The Bertz CT molecular complexity index is 563. The maximum Gasteiger partial charge on any atom is 0.305 e. The second-order valence-electron chi connectivity index (χ2n) is 4.97. The monoisotopic (exact) mass is 269 g/mol. The van der Waals surface area contributed by atoms with Gasteiger partial charge in [0.15, 0.2) is 0 Å². The first-order valence-corrected chi connectivity index (χ1v) is 6.68. The van der Waals surface area contributed by atoms with Gasteiger partial charge in [0.05, 0.1) is 6.42 Å². The number of hydrogen-bond donors (Lipinski definition) is 1. The Morgan fingerprint density at radius 3 is 2.15 bits per heavy atom. The SMILES string of the molecule is CC(CC(=O)O)N(C)c1ccc(-c2ccccc2)cc1. The lowest BCUT2D eigenvalue weighted by Gasteiger charge is -2.26. The maximum atomic E-state index is 10.8. The highest BCUT2D eigenvalue weighted by atomic mass is 16.4. The Hall–Kier alpha value is -2.29. The van der Waals surface area contributed by atoms with E-state index >= 15 is 0 Å². The van der Waals surface area contributed by atoms with Crippen LogP contribution in [0.25, 0.3) is 11.1 Å². The topological polar surface area (TPSA) is 40.5 Å². The summed E-state index contributed by atoms with van der Waals surface area (Å²) in [5.41, 5.74) is 3.37. The predicted octanol–water partition coefficient (Wildman–Crippen LogP) is 3.65. The molecule has 20 heavy (non-hydrogen) atoms. The van der Waals surface area contributed by atoms with Gasteiger partial charge in [0, 0.05) is 18.8 Å². The standard InChI is InChI=1S/C17H19NO2/c1-13(12-17(19)20)18(2)16-10-8-15(9-11-16)14-6-4-3-5-7-14/h3-11,13H,12H2,1-2H3,(H,19,20). The predicted molar refractivity (Wildman–Crippen MR) is 82.0 cm³/mol. The van der Waals surface area contributed by atoms with E-state index in [1.807, 2.05) is 49.2 Å². The highest BCUT2D eigenvalue weighted by Gasteiger charge is 2.13. The molecule has 0 aromatic heterocycles. The van der Waals surface area contributed by atoms with Crippen molar-refractivity contribution in [1.29, 1.82) is 0 Å². The fourth-order valence-electron chi connectivity index (χ4n) is 2.16. The first kappa shape index (κ1) is 14.1. The van der Waals surface area contributed by atoms with E-state index in [2.05, 4.69) is 24.3 Å². The van der Waals surface area contributed by atoms with Crippen LogP contribution in [0.5, 0.6) is 0 Å². The van der Waals surface area contributed by atoms with Crippen molar-refractivity contribution in [3.8, 4) is 11.1 Å². The van der Waals surface area contributed by atoms with Crippen molar-refractivity contribution in [3.63, 3.8) is 0 Å². The number of rotatable bonds is 5. The van der Waals surface area contributed by atoms with E-state index in [4.69, 9.17) is 5.11 Å². The van der Waals surface area contributed by atoms with Gasteiger partial charge in [-0.2, -0.15) is 0 Å². The van der Waals surface area contributed by atoms with Crippen LogP contribution in [0.1, 0.15) is 13.3 Å². The molecule has 0 bridgehead atoms. The molecule has 1 unspecified atom stereocenters. The summed E-state index contributed by atoms with van der Waals surface area (Å²) in [4.78, 5) is 12.7. The van der Waals surface area contributed by atoms with E-state index in [0.717, 1.165) is 11.3 Å². The fraction of sp³-hybridized carbons (Fsp3) is 0.235. The van der Waals surface area contributed by atoms with Crippen LogP contribution >= 0.6 is 0 Å². The van der Waals surface area contributed by atoms with Gasteiger partial charge in [-0.15, -0.1) is 0 Å². The maximum absolute atomic E-state index is 10.8. The second kappa shape index (κ2) is 6.24. The lowest BCUT2D eigenvalue weighted by Crippen LogP contribution is -2.30. The van der Waals surface area contributed by atoms with Crippen molar-refractivity contribution in [2.45, 2.75) is 19.4 Å². The summed E-state index contributed by atoms with van der Waals surface area (Å²) in [6.45, 7) is 1.92. The van der Waals surface area contributed by atoms with E-state index in [0.29, 0.717) is 0 Å². The molecule has 3 heteroatoms. The molecule has 0 radical (unpaired) electrons. The summed E-state index contributed by atoms with van der Waals surface area (Å²) in [6.07, 6.45) is 0.136. The van der Waals surface area contributed by atoms with E-state index in [9.17, 15) is 4.79 Å². The molecule has 0 aliphatic rings. The van der Waals surface area contributed by atoms with Crippen molar-refractivity contribution in [2.24, 2.45) is 0 Å². The molecule has 2 aromatic carbocycles. The summed E-state index contributed by atoms with van der Waals surface area (Å²) in [6, 6.07) is 18.3. The quantitative estimate of drug-likeness (QED) is 0.900. The van der Waals surface area contributed by atoms with Gasteiger partial charge < -0.3 is 10.0 Å². The first-order chi connectivity index (χ1) is 9.58. The average Bonchev–Trinajstić information content (AvgIpc) is 2.47. The molecule has 0 fully saturated rings. The normalized spacial score (nSPS) is 11.9. The Morgan fingerprint density at radius 1 is 1.05 bits per heavy atom. The van der Waals surface area contributed by atoms with Crippen LogP contribution in [0.2, 0.25) is 0 Å². The molecule has 0 aliphatic carbocycles. The highest BCUT2D eigenvalue weighted by molar-refractivity contribution is 5.69. The minimum atomic E-state index is -0.773. The number of carbonyl (C=O) groups is 1. The Balaban J connectivity index is 2.14. The summed E-state index contributed by atoms with van der Waals surface area (Å²) < 4.78 is 0. The lowest BCUT2D eigenvalue weighted by molar-refractivity contribution is -0.137. The van der Waals surface area contributed by atoms with Crippen molar-refractivity contribution in [2.75, 3.05) is 11.9 Å². The van der Waals surface area contributed by atoms with Gasteiger partial charge in [-0.1, -0.05) is 42.5 Å². The van der Waals surface area contributed by atoms with Crippen LogP contribution in [0.4, 0.5) is 5.69 Å². The van der Waals surface area contributed by atoms with E-state index in [-0.39, 0.29) is 12.5 Å². The summed E-state index contributed by atoms with van der Waals surface area (Å²) in [7, 11) is 1.92. The molecular weight excluding hydrogens is 250 g/mol. The third kappa shape index (κ3) is 3.38. The number of aliphatic carboxylic acids is 1. The molecule has 1 atom stereocenters. The molecular formula is C17H19NO2. The molecule has 0 heterocycles. The molecule has 3 nitrogen and oxygen atoms in total. The zero-order valence-electron chi connectivity index (χ0n) is 11.8. The zero-order chi connectivity index (χ0) is 14.5. The number of nitrogens with zero attached hydrogens (tertiary/aromatic N) is 1. The second-order valence-corrected chi connectivity index (χ2v) is 4.97. The molecule has 0 saturated carbocycles. The van der Waals surface area contributed by atoms with Crippen molar-refractivity contribution >= 4 is 11.7 Å². The Kier molecular flexibility index (Phi) is 4.41. The first-order valence-electron chi connectivity index (χ1n) is 6.68. The van der Waals surface area contributed by atoms with Gasteiger partial charge in [0.25, 0.3) is 0 Å². The van der Waals surface area contributed by atoms with E-state index in [1.165, 1.54) is 5.56 Å². The van der Waals surface area contributed by atoms with Crippen molar-refractivity contribution in [3.05, 3.63) is 54.6 Å². The van der Waals surface area contributed by atoms with Crippen LogP contribution in [-0.4, -0.2) is 24.2 Å². The van der Waals surface area contributed by atoms with Crippen molar-refractivity contribution < 1.29 is 9.90 Å². The molecule has 104 valence electrons. The number of anilines is 1. The van der Waals surface area contributed by atoms with Gasteiger partial charge in [-0.25, -0.2) is 0 Å². The summed E-state index contributed by atoms with van der Waals surface area (Å²) >= 11 is 0. The zero-order valence-corrected chi connectivity index (χ0v) is 11.8. The molecule has 1 N–H and O–H groups in total. The highest BCUT2D eigenvalue weighted by Crippen LogP contribution is 2.23. The van der Waals surface area contributed by atoms with E-state index in [1.54, 1.807) is 0 Å². The fourth-order valence-corrected chi connectivity index (χ4v) is 2.16. The van der Waals surface area contributed by atoms with Gasteiger partial charge in [0.1, 0.15) is 0 Å². The summed E-state index contributed by atoms with van der Waals surface area (Å²) in [5, 5.41) is 8.85. The van der Waals surface area contributed by atoms with Gasteiger partial charge in [-0.05, 0) is 30.2 Å². The number of benzene rings is 2. The number of carboxylic acid groups (broad SMARTS) is 1. The Morgan fingerprint density at radius 2 is 1.60 bits per heavy atom. The van der Waals surface area contributed by atoms with Gasteiger partial charge in [0.2, 0.25) is 0 Å². The molecule has 0 spiro atoms. The van der Waals surface area contributed by atoms with Crippen LogP contribution in [0, 0.1) is 0 Å². The van der Waals surface area contributed by atoms with Crippen LogP contribution in [0.3, 0.4) is 0 Å². The van der Waals surface area contributed by atoms with Gasteiger partial charge >= 0.3 is 5.97 Å². The third-order valence-electron chi connectivity index (χ3n) is 3.51. The molecule has 0 amide bonds. The number of carboxylic acids is 1. The third-order valence-corrected chi connectivity index (χ3v) is 3.51. The smallest absolute Gasteiger partial charge is 0.305 e. The number of hydrogen-bond acceptors (Lipinski definition) is 2. The van der Waals surface area contributed by atoms with Crippen LogP contribution in [-0.2, 0) is 4.79 Å². The molecule has 2 aromatic rings. The molecule has 0 saturated heterocycles. The minimum Gasteiger partial charge on any atom is -0.481 e. The van der Waals surface area contributed by atoms with Gasteiger partial charge in [-0.3, -0.25) is 4.79 Å². The molecule has 2 rings (SSSR count). The van der Waals surface area contributed by atoms with E-state index < -0.39 is 5.97 Å². The summed E-state index contributed by atoms with van der Waals surface area (Å²) in [5.74, 6) is -0.773. The molecule has 0 aliphatic heterocycles. The largest absolute Gasteiger partial charge is 0.481 e.